The maximum atomic E-state index is 5.22. The number of pyridine rings is 3. The summed E-state index contributed by atoms with van der Waals surface area (Å²) < 4.78 is 0. The van der Waals surface area contributed by atoms with Crippen LogP contribution >= 0.6 is 0 Å². The van der Waals surface area contributed by atoms with E-state index < -0.39 is 10.8 Å². The van der Waals surface area contributed by atoms with E-state index in [0.29, 0.717) is 0 Å². The third kappa shape index (κ3) is 5.29. The molecule has 0 N–H and O–H groups in total. The van der Waals surface area contributed by atoms with Gasteiger partial charge in [-0.1, -0.05) is 24.3 Å². The van der Waals surface area contributed by atoms with Crippen molar-refractivity contribution >= 4 is 0 Å². The van der Waals surface area contributed by atoms with Crippen LogP contribution in [-0.4, -0.2) is 15.0 Å². The quantitative estimate of drug-likeness (QED) is 0.160. The van der Waals surface area contributed by atoms with Crippen molar-refractivity contribution in [2.75, 3.05) is 0 Å². The van der Waals surface area contributed by atoms with Crippen molar-refractivity contribution in [3.63, 3.8) is 0 Å². The maximum absolute atomic E-state index is 5.22. The molecule has 0 aliphatic rings. The van der Waals surface area contributed by atoms with Crippen LogP contribution in [0.2, 0.25) is 0 Å². The molecule has 0 saturated carbocycles. The molecule has 2 atom stereocenters. The molecular formula is C37H28IrN3. The van der Waals surface area contributed by atoms with Crippen LogP contribution in [0.25, 0.3) is 11.3 Å². The number of rotatable bonds is 7. The van der Waals surface area contributed by atoms with Crippen LogP contribution in [-0.2, 0) is 30.9 Å². The summed E-state index contributed by atoms with van der Waals surface area (Å²) >= 11 is 0. The predicted octanol–water partition coefficient (Wildman–Crippen LogP) is 7.65. The Bertz CT molecular complexity index is 1500. The van der Waals surface area contributed by atoms with E-state index in [-0.39, 0.29) is 20.1 Å². The van der Waals surface area contributed by atoms with E-state index in [1.54, 1.807) is 0 Å². The predicted molar refractivity (Wildman–Crippen MR) is 159 cm³/mol. The Morgan fingerprint density at radius 1 is 0.512 bits per heavy atom. The average Bonchev–Trinajstić information content (AvgIpc) is 3.06. The van der Waals surface area contributed by atoms with Gasteiger partial charge in [-0.25, -0.2) is 0 Å². The molecule has 200 valence electrons. The Morgan fingerprint density at radius 3 is 1.63 bits per heavy atom. The Hall–Kier alpha value is -4.24. The summed E-state index contributed by atoms with van der Waals surface area (Å²) in [6.45, 7) is 4.35. The van der Waals surface area contributed by atoms with Gasteiger partial charge < -0.3 is 4.98 Å². The van der Waals surface area contributed by atoms with Gasteiger partial charge in [-0.2, -0.15) is 60.7 Å². The fraction of sp³-hybridized carbons (Fsp3) is 0.108. The molecule has 3 heterocycles. The zero-order valence-corrected chi connectivity index (χ0v) is 25.3. The van der Waals surface area contributed by atoms with Gasteiger partial charge in [0.1, 0.15) is 0 Å². The van der Waals surface area contributed by atoms with Crippen molar-refractivity contribution in [2.45, 2.75) is 24.7 Å². The van der Waals surface area contributed by atoms with Crippen molar-refractivity contribution in [3.05, 3.63) is 186 Å². The molecule has 0 aliphatic heterocycles. The van der Waals surface area contributed by atoms with Crippen LogP contribution in [0.5, 0.6) is 0 Å². The molecular weight excluding hydrogens is 679 g/mol. The van der Waals surface area contributed by atoms with E-state index in [1.807, 2.05) is 79.1 Å². The van der Waals surface area contributed by atoms with E-state index in [1.165, 1.54) is 0 Å². The van der Waals surface area contributed by atoms with Crippen LogP contribution < -0.4 is 0 Å². The van der Waals surface area contributed by atoms with E-state index >= 15 is 0 Å². The van der Waals surface area contributed by atoms with Gasteiger partial charge in [0.2, 0.25) is 0 Å². The molecule has 6 rings (SSSR count). The smallest absolute Gasteiger partial charge is 0.300 e. The molecule has 3 nitrogen and oxygen atoms in total. The topological polar surface area (TPSA) is 38.7 Å². The third-order valence-corrected chi connectivity index (χ3v) is 7.72. The van der Waals surface area contributed by atoms with Crippen molar-refractivity contribution in [1.82, 2.24) is 15.0 Å². The van der Waals surface area contributed by atoms with Gasteiger partial charge >= 0.3 is 20.1 Å². The fourth-order valence-corrected chi connectivity index (χ4v) is 5.33. The van der Waals surface area contributed by atoms with Crippen LogP contribution in [0.3, 0.4) is 0 Å². The molecule has 0 radical (unpaired) electrons. The molecule has 0 amide bonds. The Labute approximate surface area is 255 Å². The van der Waals surface area contributed by atoms with Gasteiger partial charge in [-0.05, 0) is 49.9 Å². The Kier molecular flexibility index (Phi) is 8.35. The monoisotopic (exact) mass is 707 g/mol. The first kappa shape index (κ1) is 28.3. The van der Waals surface area contributed by atoms with Crippen LogP contribution in [0.4, 0.5) is 0 Å². The first-order valence-electron chi connectivity index (χ1n) is 13.4. The van der Waals surface area contributed by atoms with Crippen molar-refractivity contribution in [2.24, 2.45) is 0 Å². The second-order valence-corrected chi connectivity index (χ2v) is 10.1. The number of hydrogen-bond acceptors (Lipinski definition) is 3. The Balaban J connectivity index is 0.00000337. The van der Waals surface area contributed by atoms with E-state index in [0.717, 1.165) is 45.0 Å². The first-order chi connectivity index (χ1) is 19.6. The average molecular weight is 707 g/mol. The Morgan fingerprint density at radius 2 is 1.05 bits per heavy atom. The summed E-state index contributed by atoms with van der Waals surface area (Å²) in [6, 6.07) is 51.2. The normalized spacial score (nSPS) is 13.8. The standard InChI is InChI=1S/C37H28N3.Ir/c1-36(29-16-5-3-6-17-29,33-22-9-11-25-38-33)31-20-13-15-28(27-31)32-21-14-24-35(40-32)37(2,30-18-7-4-8-19-30)34-23-10-12-26-39-34;/h3-16,18,20-26H,1-2H3;/q-3;+3. The van der Waals surface area contributed by atoms with Crippen LogP contribution in [0.1, 0.15) is 47.6 Å². The number of benzene rings is 3. The number of nitrogens with zero attached hydrogens (tertiary/aromatic N) is 3. The summed E-state index contributed by atoms with van der Waals surface area (Å²) in [5.41, 5.74) is 6.43. The molecule has 0 spiro atoms. The van der Waals surface area contributed by atoms with Crippen molar-refractivity contribution in [1.29, 1.82) is 0 Å². The molecule has 3 aromatic heterocycles. The minimum atomic E-state index is -0.586. The van der Waals surface area contributed by atoms with E-state index in [4.69, 9.17) is 15.0 Å². The first-order valence-corrected chi connectivity index (χ1v) is 13.4. The van der Waals surface area contributed by atoms with Gasteiger partial charge in [0.25, 0.3) is 0 Å². The SMILES string of the molecule is CC(c1[c-]cccc1)(c1[c-]c(-c2cccc(C(C)(c3[c-]cccc3)c3ccccn3)n2)ccc1)c1ccccn1.[Ir+3]. The van der Waals surface area contributed by atoms with Gasteiger partial charge in [0, 0.05) is 23.5 Å². The number of aromatic nitrogens is 3. The molecule has 0 saturated heterocycles. The van der Waals surface area contributed by atoms with E-state index in [2.05, 4.69) is 86.6 Å². The molecule has 3 aromatic carbocycles. The van der Waals surface area contributed by atoms with Gasteiger partial charge in [-0.15, -0.1) is 46.5 Å². The summed E-state index contributed by atoms with van der Waals surface area (Å²) in [6.07, 6.45) is 3.67. The van der Waals surface area contributed by atoms with Crippen molar-refractivity contribution < 1.29 is 20.1 Å². The van der Waals surface area contributed by atoms with Crippen LogP contribution in [0, 0.1) is 18.2 Å². The summed E-state index contributed by atoms with van der Waals surface area (Å²) in [7, 11) is 0. The summed E-state index contributed by atoms with van der Waals surface area (Å²) in [5, 5.41) is 0. The van der Waals surface area contributed by atoms with Gasteiger partial charge in [-0.3, -0.25) is 9.97 Å². The van der Waals surface area contributed by atoms with Gasteiger partial charge in [0.15, 0.2) is 0 Å². The molecule has 0 aliphatic carbocycles. The molecule has 0 bridgehead atoms. The molecule has 0 fully saturated rings. The molecule has 6 aromatic rings. The summed E-state index contributed by atoms with van der Waals surface area (Å²) in [5.74, 6) is 0. The number of hydrogen-bond donors (Lipinski definition) is 0. The van der Waals surface area contributed by atoms with Crippen molar-refractivity contribution in [3.8, 4) is 11.3 Å². The largest absolute Gasteiger partial charge is 3.00 e. The molecule has 4 heteroatoms. The minimum Gasteiger partial charge on any atom is -0.300 e. The van der Waals surface area contributed by atoms with Crippen LogP contribution in [0.15, 0.2) is 134 Å². The maximum Gasteiger partial charge on any atom is 3.00 e. The minimum absolute atomic E-state index is 0. The zero-order valence-electron chi connectivity index (χ0n) is 22.9. The molecule has 2 unspecified atom stereocenters. The van der Waals surface area contributed by atoms with Gasteiger partial charge in [0.05, 0.1) is 16.8 Å². The second kappa shape index (κ2) is 12.1. The summed E-state index contributed by atoms with van der Waals surface area (Å²) in [4.78, 5) is 14.7. The van der Waals surface area contributed by atoms with E-state index in [9.17, 15) is 0 Å². The fourth-order valence-electron chi connectivity index (χ4n) is 5.33. The third-order valence-electron chi connectivity index (χ3n) is 7.72. The zero-order chi connectivity index (χ0) is 27.4. The second-order valence-electron chi connectivity index (χ2n) is 10.1. The molecule has 41 heavy (non-hydrogen) atoms.